The van der Waals surface area contributed by atoms with Gasteiger partial charge in [0, 0.05) is 0 Å². The number of nitrogens with zero attached hydrogens (tertiary/aromatic N) is 1. The molecule has 0 N–H and O–H groups in total. The maximum absolute atomic E-state index is 12.2. The van der Waals surface area contributed by atoms with Crippen LogP contribution in [0.5, 0.6) is 0 Å². The summed E-state index contributed by atoms with van der Waals surface area (Å²) in [7, 11) is 0. The van der Waals surface area contributed by atoms with Gasteiger partial charge in [-0.3, -0.25) is 19.2 Å². The summed E-state index contributed by atoms with van der Waals surface area (Å²) in [6.45, 7) is 2.94. The molecular formula is C14H13NO5S. The van der Waals surface area contributed by atoms with Gasteiger partial charge in [-0.15, -0.1) is 0 Å². The molecule has 0 fully saturated rings. The fourth-order valence-electron chi connectivity index (χ4n) is 1.87. The lowest BCUT2D eigenvalue weighted by Crippen LogP contribution is -2.34. The minimum atomic E-state index is -1.23. The number of hydrogen-bond acceptors (Lipinski definition) is 6. The molecule has 6 nitrogen and oxygen atoms in total. The van der Waals surface area contributed by atoms with E-state index in [2.05, 4.69) is 0 Å². The molecule has 0 aliphatic carbocycles. The van der Waals surface area contributed by atoms with Gasteiger partial charge >= 0.3 is 5.97 Å². The van der Waals surface area contributed by atoms with Crippen LogP contribution >= 0.6 is 11.9 Å². The highest BCUT2D eigenvalue weighted by Gasteiger charge is 2.40. The number of hydrogen-bond donors (Lipinski definition) is 0. The third-order valence-corrected chi connectivity index (χ3v) is 4.12. The molecule has 2 amide bonds. The average molecular weight is 307 g/mol. The number of carbonyl (C=O) groups excluding carboxylic acids is 4. The molecule has 7 heteroatoms. The molecule has 0 saturated heterocycles. The molecule has 1 atom stereocenters. The Balaban J connectivity index is 2.24. The Morgan fingerprint density at radius 3 is 2.14 bits per heavy atom. The van der Waals surface area contributed by atoms with Crippen molar-refractivity contribution in [1.29, 1.82) is 0 Å². The van der Waals surface area contributed by atoms with E-state index in [0.29, 0.717) is 11.9 Å². The molecule has 1 aromatic rings. The number of carbonyl (C=O) groups is 4. The Hall–Kier alpha value is -2.15. The summed E-state index contributed by atoms with van der Waals surface area (Å²) in [5.41, 5.74) is 0.530. The van der Waals surface area contributed by atoms with Gasteiger partial charge in [-0.1, -0.05) is 12.1 Å². The van der Waals surface area contributed by atoms with Crippen molar-refractivity contribution in [3.8, 4) is 0 Å². The van der Waals surface area contributed by atoms with Crippen LogP contribution in [-0.4, -0.2) is 39.7 Å². The highest BCUT2D eigenvalue weighted by Crippen LogP contribution is 2.31. The number of ketones is 1. The van der Waals surface area contributed by atoms with Crippen molar-refractivity contribution in [3.63, 3.8) is 0 Å². The Labute approximate surface area is 125 Å². The van der Waals surface area contributed by atoms with Gasteiger partial charge in [0.2, 0.25) is 0 Å². The second kappa shape index (κ2) is 6.09. The molecular weight excluding hydrogens is 294 g/mol. The van der Waals surface area contributed by atoms with Crippen LogP contribution in [0.4, 0.5) is 0 Å². The van der Waals surface area contributed by atoms with E-state index in [1.54, 1.807) is 19.1 Å². The van der Waals surface area contributed by atoms with Gasteiger partial charge < -0.3 is 4.74 Å². The first kappa shape index (κ1) is 15.2. The monoisotopic (exact) mass is 307 g/mol. The molecule has 1 aliphatic heterocycles. The summed E-state index contributed by atoms with van der Waals surface area (Å²) < 4.78 is 5.63. The van der Waals surface area contributed by atoms with Gasteiger partial charge in [-0.05, 0) is 37.9 Å². The van der Waals surface area contributed by atoms with Gasteiger partial charge in [0.1, 0.15) is 0 Å². The number of Topliss-reactive ketones (excluding diaryl/α,β-unsaturated/α-hetero) is 1. The summed E-state index contributed by atoms with van der Waals surface area (Å²) in [4.78, 5) is 47.6. The lowest BCUT2D eigenvalue weighted by Gasteiger charge is -2.17. The normalized spacial score (nSPS) is 14.9. The number of ether oxygens (including phenoxy) is 1. The van der Waals surface area contributed by atoms with Crippen molar-refractivity contribution >= 4 is 35.5 Å². The Bertz CT molecular complexity index is 593. The molecule has 0 spiro atoms. The van der Waals surface area contributed by atoms with Crippen LogP contribution in [0.15, 0.2) is 24.3 Å². The summed E-state index contributed by atoms with van der Waals surface area (Å²) in [5, 5.41) is -1.23. The predicted molar refractivity (Wildman–Crippen MR) is 75.6 cm³/mol. The van der Waals surface area contributed by atoms with E-state index in [-0.39, 0.29) is 17.7 Å². The van der Waals surface area contributed by atoms with E-state index < -0.39 is 28.8 Å². The summed E-state index contributed by atoms with van der Waals surface area (Å²) in [6, 6.07) is 6.35. The molecule has 0 saturated carbocycles. The van der Waals surface area contributed by atoms with E-state index in [0.717, 1.165) is 4.31 Å². The predicted octanol–water partition coefficient (Wildman–Crippen LogP) is 1.45. The fraction of sp³-hybridized carbons (Fsp3) is 0.286. The SMILES string of the molecule is CCOC(=O)C(SN1C(=O)c2ccccc2C1=O)C(C)=O. The van der Waals surface area contributed by atoms with Crippen LogP contribution in [-0.2, 0) is 14.3 Å². The number of rotatable bonds is 5. The van der Waals surface area contributed by atoms with Crippen molar-refractivity contribution in [2.75, 3.05) is 6.61 Å². The molecule has 1 aromatic carbocycles. The first-order chi connectivity index (χ1) is 9.97. The lowest BCUT2D eigenvalue weighted by molar-refractivity contribution is -0.144. The second-order valence-corrected chi connectivity index (χ2v) is 5.35. The van der Waals surface area contributed by atoms with Crippen LogP contribution in [0.1, 0.15) is 34.6 Å². The first-order valence-electron chi connectivity index (χ1n) is 6.29. The minimum Gasteiger partial charge on any atom is -0.465 e. The van der Waals surface area contributed by atoms with Crippen molar-refractivity contribution in [3.05, 3.63) is 35.4 Å². The third kappa shape index (κ3) is 2.82. The van der Waals surface area contributed by atoms with Crippen molar-refractivity contribution in [2.24, 2.45) is 0 Å². The molecule has 0 radical (unpaired) electrons. The first-order valence-corrected chi connectivity index (χ1v) is 7.12. The average Bonchev–Trinajstić information content (AvgIpc) is 2.69. The van der Waals surface area contributed by atoms with Gasteiger partial charge in [0.15, 0.2) is 11.0 Å². The van der Waals surface area contributed by atoms with Crippen LogP contribution < -0.4 is 0 Å². The number of esters is 1. The summed E-state index contributed by atoms with van der Waals surface area (Å²) in [5.74, 6) is -2.30. The van der Waals surface area contributed by atoms with Gasteiger partial charge in [0.05, 0.1) is 17.7 Å². The van der Waals surface area contributed by atoms with Crippen molar-refractivity contribution in [2.45, 2.75) is 19.1 Å². The van der Waals surface area contributed by atoms with Crippen molar-refractivity contribution in [1.82, 2.24) is 4.31 Å². The van der Waals surface area contributed by atoms with E-state index in [1.165, 1.54) is 19.1 Å². The third-order valence-electron chi connectivity index (χ3n) is 2.84. The molecule has 110 valence electrons. The number of amides is 2. The minimum absolute atomic E-state index is 0.116. The second-order valence-electron chi connectivity index (χ2n) is 4.30. The quantitative estimate of drug-likeness (QED) is 0.354. The highest BCUT2D eigenvalue weighted by molar-refractivity contribution is 8.00. The molecule has 1 unspecified atom stereocenters. The van der Waals surface area contributed by atoms with Crippen LogP contribution in [0, 0.1) is 0 Å². The molecule has 0 aromatic heterocycles. The molecule has 0 bridgehead atoms. The van der Waals surface area contributed by atoms with Gasteiger partial charge in [-0.25, -0.2) is 4.31 Å². The number of benzene rings is 1. The molecule has 21 heavy (non-hydrogen) atoms. The zero-order chi connectivity index (χ0) is 15.6. The molecule has 2 rings (SSSR count). The van der Waals surface area contributed by atoms with E-state index >= 15 is 0 Å². The summed E-state index contributed by atoms with van der Waals surface area (Å²) in [6.07, 6.45) is 0. The largest absolute Gasteiger partial charge is 0.465 e. The number of imide groups is 1. The van der Waals surface area contributed by atoms with Crippen LogP contribution in [0.25, 0.3) is 0 Å². The van der Waals surface area contributed by atoms with Gasteiger partial charge in [0.25, 0.3) is 11.8 Å². The standard InChI is InChI=1S/C14H13NO5S/c1-3-20-14(19)11(8(2)16)21-15-12(17)9-6-4-5-7-10(9)13(15)18/h4-7,11H,3H2,1-2H3. The Kier molecular flexibility index (Phi) is 4.42. The van der Waals surface area contributed by atoms with Gasteiger partial charge in [-0.2, -0.15) is 0 Å². The van der Waals surface area contributed by atoms with Crippen LogP contribution in [0.3, 0.4) is 0 Å². The summed E-state index contributed by atoms with van der Waals surface area (Å²) >= 11 is 0.591. The maximum Gasteiger partial charge on any atom is 0.328 e. The lowest BCUT2D eigenvalue weighted by atomic mass is 10.1. The Morgan fingerprint density at radius 2 is 1.71 bits per heavy atom. The zero-order valence-corrected chi connectivity index (χ0v) is 12.3. The van der Waals surface area contributed by atoms with E-state index in [1.807, 2.05) is 0 Å². The van der Waals surface area contributed by atoms with E-state index in [9.17, 15) is 19.2 Å². The fourth-order valence-corrected chi connectivity index (χ4v) is 2.77. The smallest absolute Gasteiger partial charge is 0.328 e. The zero-order valence-electron chi connectivity index (χ0n) is 11.5. The van der Waals surface area contributed by atoms with E-state index in [4.69, 9.17) is 4.74 Å². The van der Waals surface area contributed by atoms with Crippen LogP contribution in [0.2, 0.25) is 0 Å². The highest BCUT2D eigenvalue weighted by atomic mass is 32.2. The Morgan fingerprint density at radius 1 is 1.19 bits per heavy atom. The van der Waals surface area contributed by atoms with Crippen molar-refractivity contribution < 1.29 is 23.9 Å². The molecule has 1 aliphatic rings. The number of fused-ring (bicyclic) bond motifs is 1. The topological polar surface area (TPSA) is 80.8 Å². The molecule has 1 heterocycles. The maximum atomic E-state index is 12.2.